The standard InChI is InChI=1S/C18H26N4O4S2/c1-5-21-9-15(22(24,11-21)17-19-20-18(25-4)28-17)26-16(23)8-6-7-14-13(3)12(2)10-27-14/h10,15H,5-9,11H2,1-4H3. The minimum atomic E-state index is -0.837. The Bertz CT molecular complexity index is 824. The zero-order valence-corrected chi connectivity index (χ0v) is 18.3. The largest absolute Gasteiger partial charge is 0.622 e. The summed E-state index contributed by atoms with van der Waals surface area (Å²) < 4.78 is 9.83. The Hall–Kier alpha value is -1.59. The highest BCUT2D eigenvalue weighted by atomic mass is 32.1. The fourth-order valence-corrected chi connectivity index (χ4v) is 5.01. The van der Waals surface area contributed by atoms with Crippen LogP contribution < -0.4 is 9.38 Å². The SMILES string of the molecule is CCN1CC(OC(=O)CCCc2scc(C)c2C)[N+]([O-])(c2nnc(OC)s2)C1. The fraction of sp³-hybridized carbons (Fsp3) is 0.611. The maximum Gasteiger partial charge on any atom is 0.314 e. The predicted octanol–water partition coefficient (Wildman–Crippen LogP) is 3.22. The third kappa shape index (κ3) is 4.36. The van der Waals surface area contributed by atoms with Crippen LogP contribution in [-0.2, 0) is 16.0 Å². The lowest BCUT2D eigenvalue weighted by molar-refractivity contribution is -0.153. The Morgan fingerprint density at radius 3 is 2.82 bits per heavy atom. The van der Waals surface area contributed by atoms with Crippen molar-refractivity contribution in [3.05, 3.63) is 26.6 Å². The lowest BCUT2D eigenvalue weighted by atomic mass is 10.1. The number of thiophene rings is 1. The first-order valence-corrected chi connectivity index (χ1v) is 11.0. The summed E-state index contributed by atoms with van der Waals surface area (Å²) in [5.41, 5.74) is 2.59. The summed E-state index contributed by atoms with van der Waals surface area (Å²) in [6.45, 7) is 7.44. The van der Waals surface area contributed by atoms with Gasteiger partial charge in [0.05, 0.1) is 13.7 Å². The molecule has 2 aromatic heterocycles. The summed E-state index contributed by atoms with van der Waals surface area (Å²) in [7, 11) is 1.48. The van der Waals surface area contributed by atoms with Gasteiger partial charge < -0.3 is 14.7 Å². The van der Waals surface area contributed by atoms with Crippen molar-refractivity contribution in [1.29, 1.82) is 0 Å². The molecule has 2 aromatic rings. The van der Waals surface area contributed by atoms with Crippen molar-refractivity contribution >= 4 is 33.8 Å². The number of carbonyl (C=O) groups excluding carboxylic acids is 1. The van der Waals surface area contributed by atoms with E-state index in [9.17, 15) is 10.0 Å². The summed E-state index contributed by atoms with van der Waals surface area (Å²) in [5, 5.41) is 24.0. The second-order valence-electron chi connectivity index (χ2n) is 6.93. The van der Waals surface area contributed by atoms with E-state index in [2.05, 4.69) is 29.4 Å². The van der Waals surface area contributed by atoms with Crippen molar-refractivity contribution in [2.24, 2.45) is 0 Å². The first-order valence-electron chi connectivity index (χ1n) is 9.29. The van der Waals surface area contributed by atoms with Crippen molar-refractivity contribution in [2.75, 3.05) is 26.9 Å². The van der Waals surface area contributed by atoms with E-state index in [0.29, 0.717) is 31.1 Å². The first kappa shape index (κ1) is 21.1. The number of hydroxylamine groups is 2. The molecule has 10 heteroatoms. The highest BCUT2D eigenvalue weighted by Crippen LogP contribution is 2.36. The summed E-state index contributed by atoms with van der Waals surface area (Å²) >= 11 is 2.82. The van der Waals surface area contributed by atoms with Gasteiger partial charge in [0.25, 0.3) is 11.4 Å². The van der Waals surface area contributed by atoms with E-state index in [4.69, 9.17) is 9.47 Å². The van der Waals surface area contributed by atoms with Gasteiger partial charge in [0.15, 0.2) is 0 Å². The zero-order chi connectivity index (χ0) is 20.3. The quantitative estimate of drug-likeness (QED) is 0.364. The lowest BCUT2D eigenvalue weighted by Crippen LogP contribution is -2.50. The average molecular weight is 427 g/mol. The van der Waals surface area contributed by atoms with Gasteiger partial charge in [-0.25, -0.2) is 4.90 Å². The second-order valence-corrected chi connectivity index (χ2v) is 8.81. The maximum atomic E-state index is 13.5. The molecule has 0 N–H and O–H groups in total. The molecule has 0 amide bonds. The van der Waals surface area contributed by atoms with Crippen LogP contribution in [0.4, 0.5) is 5.13 Å². The van der Waals surface area contributed by atoms with Gasteiger partial charge in [0.1, 0.15) is 6.67 Å². The molecule has 1 fully saturated rings. The Kier molecular flexibility index (Phi) is 6.66. The molecule has 1 aliphatic heterocycles. The van der Waals surface area contributed by atoms with E-state index in [-0.39, 0.29) is 17.8 Å². The average Bonchev–Trinajstić information content (AvgIpc) is 3.37. The van der Waals surface area contributed by atoms with Crippen molar-refractivity contribution in [3.63, 3.8) is 0 Å². The number of nitrogens with zero attached hydrogens (tertiary/aromatic N) is 4. The van der Waals surface area contributed by atoms with Gasteiger partial charge >= 0.3 is 11.1 Å². The van der Waals surface area contributed by atoms with Gasteiger partial charge in [-0.05, 0) is 43.2 Å². The molecule has 3 heterocycles. The molecule has 154 valence electrons. The minimum absolute atomic E-state index is 0.181. The molecule has 0 aliphatic carbocycles. The first-order chi connectivity index (χ1) is 13.4. The van der Waals surface area contributed by atoms with E-state index >= 15 is 0 Å². The topological polar surface area (TPSA) is 87.6 Å². The van der Waals surface area contributed by atoms with Gasteiger partial charge in [-0.1, -0.05) is 17.1 Å². The molecule has 1 saturated heterocycles. The van der Waals surface area contributed by atoms with Gasteiger partial charge in [0, 0.05) is 29.2 Å². The molecule has 3 rings (SSSR count). The third-order valence-corrected chi connectivity index (χ3v) is 7.33. The number of hydrogen-bond donors (Lipinski definition) is 0. The van der Waals surface area contributed by atoms with Crippen LogP contribution >= 0.6 is 22.7 Å². The number of likely N-dealkylation sites (N-methyl/N-ethyl adjacent to an activating group) is 1. The van der Waals surface area contributed by atoms with Crippen LogP contribution in [0.2, 0.25) is 0 Å². The number of hydrogen-bond acceptors (Lipinski definition) is 9. The normalized spacial score (nSPS) is 22.5. The summed E-state index contributed by atoms with van der Waals surface area (Å²) in [5.74, 6) is -0.344. The Labute approximate surface area is 172 Å². The number of carbonyl (C=O) groups is 1. The summed E-state index contributed by atoms with van der Waals surface area (Å²) in [6.07, 6.45) is 1.00. The molecule has 2 atom stereocenters. The van der Waals surface area contributed by atoms with Gasteiger partial charge in [-0.3, -0.25) is 9.44 Å². The summed E-state index contributed by atoms with van der Waals surface area (Å²) in [4.78, 5) is 15.7. The predicted molar refractivity (Wildman–Crippen MR) is 110 cm³/mol. The maximum absolute atomic E-state index is 13.5. The molecule has 0 bridgehead atoms. The molecule has 8 nitrogen and oxygen atoms in total. The Balaban J connectivity index is 1.61. The number of ether oxygens (including phenoxy) is 2. The second kappa shape index (κ2) is 8.83. The van der Waals surface area contributed by atoms with Crippen LogP contribution in [0.5, 0.6) is 5.19 Å². The minimum Gasteiger partial charge on any atom is -0.622 e. The van der Waals surface area contributed by atoms with Crippen LogP contribution in [0.25, 0.3) is 0 Å². The number of aromatic nitrogens is 2. The van der Waals surface area contributed by atoms with Crippen LogP contribution in [0.1, 0.15) is 35.8 Å². The molecule has 0 spiro atoms. The lowest BCUT2D eigenvalue weighted by Gasteiger charge is -2.38. The number of aryl methyl sites for hydroxylation is 2. The van der Waals surface area contributed by atoms with Crippen LogP contribution in [0.15, 0.2) is 5.38 Å². The van der Waals surface area contributed by atoms with E-state index in [1.54, 1.807) is 11.3 Å². The Morgan fingerprint density at radius 1 is 1.43 bits per heavy atom. The molecule has 0 radical (unpaired) electrons. The van der Waals surface area contributed by atoms with Crippen molar-refractivity contribution < 1.29 is 14.3 Å². The van der Waals surface area contributed by atoms with Gasteiger partial charge in [-0.15, -0.1) is 11.3 Å². The fourth-order valence-electron chi connectivity index (χ4n) is 3.18. The van der Waals surface area contributed by atoms with Crippen molar-refractivity contribution in [1.82, 2.24) is 19.7 Å². The van der Waals surface area contributed by atoms with Crippen LogP contribution in [0.3, 0.4) is 0 Å². The van der Waals surface area contributed by atoms with Crippen molar-refractivity contribution in [2.45, 2.75) is 46.3 Å². The van der Waals surface area contributed by atoms with Crippen LogP contribution in [0, 0.1) is 19.1 Å². The molecular weight excluding hydrogens is 400 g/mol. The highest BCUT2D eigenvalue weighted by Gasteiger charge is 2.46. The molecule has 1 aliphatic rings. The molecular formula is C18H26N4O4S2. The van der Waals surface area contributed by atoms with E-state index in [0.717, 1.165) is 17.8 Å². The molecule has 0 aromatic carbocycles. The molecule has 2 unspecified atom stereocenters. The smallest absolute Gasteiger partial charge is 0.314 e. The van der Waals surface area contributed by atoms with E-state index < -0.39 is 10.9 Å². The number of methoxy groups -OCH3 is 1. The number of quaternary nitrogens is 1. The van der Waals surface area contributed by atoms with Crippen LogP contribution in [-0.4, -0.2) is 54.2 Å². The monoisotopic (exact) mass is 426 g/mol. The molecule has 0 saturated carbocycles. The highest BCUT2D eigenvalue weighted by molar-refractivity contribution is 7.16. The van der Waals surface area contributed by atoms with E-state index in [1.807, 2.05) is 11.8 Å². The molecule has 28 heavy (non-hydrogen) atoms. The number of esters is 1. The number of rotatable bonds is 8. The van der Waals surface area contributed by atoms with E-state index in [1.165, 1.54) is 23.1 Å². The summed E-state index contributed by atoms with van der Waals surface area (Å²) in [6, 6.07) is 0. The Morgan fingerprint density at radius 2 is 2.21 bits per heavy atom. The van der Waals surface area contributed by atoms with Gasteiger partial charge in [0.2, 0.25) is 0 Å². The van der Waals surface area contributed by atoms with Gasteiger partial charge in [-0.2, -0.15) is 0 Å². The van der Waals surface area contributed by atoms with Crippen molar-refractivity contribution in [3.8, 4) is 5.19 Å². The zero-order valence-electron chi connectivity index (χ0n) is 16.6. The third-order valence-electron chi connectivity index (χ3n) is 5.07.